The van der Waals surface area contributed by atoms with Crippen molar-refractivity contribution in [3.8, 4) is 11.1 Å². The smallest absolute Gasteiger partial charge is 0.0872 e. The van der Waals surface area contributed by atoms with Crippen molar-refractivity contribution >= 4 is 22.2 Å². The van der Waals surface area contributed by atoms with Crippen LogP contribution in [0.4, 0.5) is 0 Å². The van der Waals surface area contributed by atoms with Crippen molar-refractivity contribution in [2.45, 2.75) is 6.54 Å². The molecule has 0 amide bonds. The summed E-state index contributed by atoms with van der Waals surface area (Å²) >= 11 is 1.67. The first-order valence-electron chi connectivity index (χ1n) is 5.33. The van der Waals surface area contributed by atoms with Gasteiger partial charge in [-0.05, 0) is 22.4 Å². The third-order valence-electron chi connectivity index (χ3n) is 2.71. The molecule has 0 fully saturated rings. The van der Waals surface area contributed by atoms with E-state index >= 15 is 0 Å². The molecule has 0 aliphatic rings. The molecule has 0 radical (unpaired) electrons. The molecule has 0 aliphatic heterocycles. The van der Waals surface area contributed by atoms with Crippen LogP contribution in [0.25, 0.3) is 22.0 Å². The van der Waals surface area contributed by atoms with Crippen molar-refractivity contribution in [1.82, 2.24) is 14.8 Å². The molecule has 86 valence electrons. The zero-order chi connectivity index (χ0) is 11.7. The van der Waals surface area contributed by atoms with Gasteiger partial charge in [0.2, 0.25) is 0 Å². The Kier molecular flexibility index (Phi) is 2.62. The van der Waals surface area contributed by atoms with E-state index in [0.29, 0.717) is 6.54 Å². The second-order valence-electron chi connectivity index (χ2n) is 3.72. The molecule has 3 aromatic rings. The molecule has 0 saturated heterocycles. The van der Waals surface area contributed by atoms with Crippen molar-refractivity contribution in [1.29, 1.82) is 0 Å². The van der Waals surface area contributed by atoms with E-state index in [1.807, 2.05) is 17.8 Å². The van der Waals surface area contributed by atoms with Gasteiger partial charge in [0.05, 0.1) is 31.1 Å². The summed E-state index contributed by atoms with van der Waals surface area (Å²) in [7, 11) is 0. The van der Waals surface area contributed by atoms with Crippen LogP contribution in [0.1, 0.15) is 0 Å². The Balaban J connectivity index is 2.21. The van der Waals surface area contributed by atoms with Crippen LogP contribution < -0.4 is 0 Å². The molecule has 0 bridgehead atoms. The standard InChI is InChI=1S/C12H11N3OS/c16-3-2-15-12-7-13-5-10(11(12)6-14-15)9-1-4-17-8-9/h1,4-8,16H,2-3H2. The van der Waals surface area contributed by atoms with Crippen LogP contribution in [0.15, 0.2) is 35.4 Å². The van der Waals surface area contributed by atoms with Crippen molar-refractivity contribution in [2.24, 2.45) is 0 Å². The highest BCUT2D eigenvalue weighted by Crippen LogP contribution is 2.28. The molecule has 0 aliphatic carbocycles. The third kappa shape index (κ3) is 1.73. The van der Waals surface area contributed by atoms with Crippen molar-refractivity contribution < 1.29 is 5.11 Å². The Morgan fingerprint density at radius 3 is 3.00 bits per heavy atom. The summed E-state index contributed by atoms with van der Waals surface area (Å²) in [5, 5.41) is 18.5. The average Bonchev–Trinajstić information content (AvgIpc) is 2.98. The molecule has 3 aromatic heterocycles. The average molecular weight is 245 g/mol. The highest BCUT2D eigenvalue weighted by Gasteiger charge is 2.09. The number of rotatable bonds is 3. The molecule has 1 N–H and O–H groups in total. The van der Waals surface area contributed by atoms with Gasteiger partial charge in [0.25, 0.3) is 0 Å². The van der Waals surface area contributed by atoms with Crippen LogP contribution in [0.3, 0.4) is 0 Å². The molecule has 5 heteroatoms. The van der Waals surface area contributed by atoms with Gasteiger partial charge in [0.1, 0.15) is 0 Å². The lowest BCUT2D eigenvalue weighted by Crippen LogP contribution is -2.03. The quantitative estimate of drug-likeness (QED) is 0.769. The lowest BCUT2D eigenvalue weighted by atomic mass is 10.1. The number of hydrogen-bond acceptors (Lipinski definition) is 4. The number of thiophene rings is 1. The predicted octanol–water partition coefficient (Wildman–Crippen LogP) is 2.15. The summed E-state index contributed by atoms with van der Waals surface area (Å²) in [5.41, 5.74) is 3.22. The van der Waals surface area contributed by atoms with E-state index < -0.39 is 0 Å². The van der Waals surface area contributed by atoms with Crippen LogP contribution in [-0.2, 0) is 6.54 Å². The molecule has 0 atom stereocenters. The minimum absolute atomic E-state index is 0.0828. The highest BCUT2D eigenvalue weighted by atomic mass is 32.1. The maximum Gasteiger partial charge on any atom is 0.0872 e. The summed E-state index contributed by atoms with van der Waals surface area (Å²) in [6.45, 7) is 0.581. The number of nitrogens with zero attached hydrogens (tertiary/aromatic N) is 3. The molecule has 3 rings (SSSR count). The monoisotopic (exact) mass is 245 g/mol. The van der Waals surface area contributed by atoms with Gasteiger partial charge in [0.15, 0.2) is 0 Å². The number of pyridine rings is 1. The first-order chi connectivity index (χ1) is 8.40. The minimum atomic E-state index is 0.0828. The zero-order valence-electron chi connectivity index (χ0n) is 9.08. The van der Waals surface area contributed by atoms with Crippen LogP contribution in [0.2, 0.25) is 0 Å². The molecule has 0 spiro atoms. The topological polar surface area (TPSA) is 50.9 Å². The van der Waals surface area contributed by atoms with E-state index in [2.05, 4.69) is 21.5 Å². The van der Waals surface area contributed by atoms with Gasteiger partial charge >= 0.3 is 0 Å². The fraction of sp³-hybridized carbons (Fsp3) is 0.167. The van der Waals surface area contributed by atoms with E-state index in [4.69, 9.17) is 5.11 Å². The van der Waals surface area contributed by atoms with Crippen molar-refractivity contribution in [2.75, 3.05) is 6.61 Å². The van der Waals surface area contributed by atoms with Crippen molar-refractivity contribution in [3.63, 3.8) is 0 Å². The zero-order valence-corrected chi connectivity index (χ0v) is 9.89. The van der Waals surface area contributed by atoms with Crippen LogP contribution in [0, 0.1) is 0 Å². The normalized spacial score (nSPS) is 11.1. The van der Waals surface area contributed by atoms with Crippen molar-refractivity contribution in [3.05, 3.63) is 35.4 Å². The molecule has 0 unspecified atom stereocenters. The Morgan fingerprint density at radius 2 is 2.24 bits per heavy atom. The van der Waals surface area contributed by atoms with E-state index in [0.717, 1.165) is 22.0 Å². The summed E-state index contributed by atoms with van der Waals surface area (Å²) in [6.07, 6.45) is 5.48. The Labute approximate surface area is 102 Å². The molecular formula is C12H11N3OS. The molecule has 4 nitrogen and oxygen atoms in total. The summed E-state index contributed by atoms with van der Waals surface area (Å²) in [5.74, 6) is 0. The summed E-state index contributed by atoms with van der Waals surface area (Å²) in [6, 6.07) is 2.07. The molecule has 17 heavy (non-hydrogen) atoms. The van der Waals surface area contributed by atoms with E-state index in [9.17, 15) is 0 Å². The van der Waals surface area contributed by atoms with Gasteiger partial charge in [-0.1, -0.05) is 0 Å². The number of aliphatic hydroxyl groups is 1. The van der Waals surface area contributed by atoms with Gasteiger partial charge < -0.3 is 5.11 Å². The molecule has 0 aromatic carbocycles. The van der Waals surface area contributed by atoms with E-state index in [-0.39, 0.29) is 6.61 Å². The first kappa shape index (κ1) is 10.4. The van der Waals surface area contributed by atoms with Gasteiger partial charge in [-0.15, -0.1) is 0 Å². The fourth-order valence-corrected chi connectivity index (χ4v) is 2.57. The highest BCUT2D eigenvalue weighted by molar-refractivity contribution is 7.08. The molecule has 0 saturated carbocycles. The van der Waals surface area contributed by atoms with Gasteiger partial charge in [0, 0.05) is 17.1 Å². The minimum Gasteiger partial charge on any atom is -0.394 e. The van der Waals surface area contributed by atoms with Crippen LogP contribution in [-0.4, -0.2) is 26.5 Å². The number of fused-ring (bicyclic) bond motifs is 1. The van der Waals surface area contributed by atoms with Gasteiger partial charge in [-0.2, -0.15) is 16.4 Å². The maximum absolute atomic E-state index is 8.97. The maximum atomic E-state index is 8.97. The van der Waals surface area contributed by atoms with E-state index in [1.54, 1.807) is 22.2 Å². The number of hydrogen-bond donors (Lipinski definition) is 1. The van der Waals surface area contributed by atoms with E-state index in [1.165, 1.54) is 0 Å². The SMILES string of the molecule is OCCn1ncc2c(-c3ccsc3)cncc21. The van der Waals surface area contributed by atoms with Crippen LogP contribution in [0.5, 0.6) is 0 Å². The Bertz CT molecular complexity index is 630. The lowest BCUT2D eigenvalue weighted by molar-refractivity contribution is 0.271. The molecular weight excluding hydrogens is 234 g/mol. The largest absolute Gasteiger partial charge is 0.394 e. The third-order valence-corrected chi connectivity index (χ3v) is 3.40. The number of aromatic nitrogens is 3. The molecule has 3 heterocycles. The lowest BCUT2D eigenvalue weighted by Gasteiger charge is -2.02. The summed E-state index contributed by atoms with van der Waals surface area (Å²) in [4.78, 5) is 4.25. The van der Waals surface area contributed by atoms with Crippen LogP contribution >= 0.6 is 11.3 Å². The predicted molar refractivity (Wildman–Crippen MR) is 67.9 cm³/mol. The Morgan fingerprint density at radius 1 is 1.29 bits per heavy atom. The van der Waals surface area contributed by atoms with Gasteiger partial charge in [-0.25, -0.2) is 0 Å². The van der Waals surface area contributed by atoms with Gasteiger partial charge in [-0.3, -0.25) is 9.67 Å². The second kappa shape index (κ2) is 4.27. The summed E-state index contributed by atoms with van der Waals surface area (Å²) < 4.78 is 1.78. The Hall–Kier alpha value is -1.72. The first-order valence-corrected chi connectivity index (χ1v) is 6.27. The fourth-order valence-electron chi connectivity index (χ4n) is 1.91. The number of aliphatic hydroxyl groups excluding tert-OH is 1. The second-order valence-corrected chi connectivity index (χ2v) is 4.50.